The smallest absolute Gasteiger partial charge is 0.146 e. The predicted molar refractivity (Wildman–Crippen MR) is 63.6 cm³/mol. The van der Waals surface area contributed by atoms with Crippen LogP contribution in [0.3, 0.4) is 0 Å². The van der Waals surface area contributed by atoms with Crippen LogP contribution < -0.4 is 5.32 Å². The van der Waals surface area contributed by atoms with E-state index in [2.05, 4.69) is 16.3 Å². The number of hydrogen-bond donors (Lipinski definition) is 1. The largest absolute Gasteiger partial charge is 0.377 e. The Morgan fingerprint density at radius 1 is 1.35 bits per heavy atom. The highest BCUT2D eigenvalue weighted by Gasteiger charge is 2.14. The molecule has 2 rings (SSSR count). The Kier molecular flexibility index (Phi) is 3.56. The number of piperazine rings is 1. The molecular weight excluding hydrogens is 214 g/mol. The molecule has 0 spiro atoms. The molecule has 0 amide bonds. The van der Waals surface area contributed by atoms with E-state index in [1.807, 2.05) is 30.2 Å². The zero-order valence-electron chi connectivity index (χ0n) is 9.44. The van der Waals surface area contributed by atoms with Crippen LogP contribution in [0.1, 0.15) is 11.1 Å². The monoisotopic (exact) mass is 227 g/mol. The predicted octanol–water partition coefficient (Wildman–Crippen LogP) is 0.679. The minimum Gasteiger partial charge on any atom is -0.377 e. The van der Waals surface area contributed by atoms with Crippen LogP contribution in [0, 0.1) is 11.3 Å². The molecule has 1 aromatic carbocycles. The summed E-state index contributed by atoms with van der Waals surface area (Å²) < 4.78 is 0. The summed E-state index contributed by atoms with van der Waals surface area (Å²) in [4.78, 5) is 12.7. The van der Waals surface area contributed by atoms with Crippen molar-refractivity contribution in [3.05, 3.63) is 41.1 Å². The molecule has 86 valence electrons. The van der Waals surface area contributed by atoms with Gasteiger partial charge in [-0.05, 0) is 17.7 Å². The van der Waals surface area contributed by atoms with Gasteiger partial charge in [-0.3, -0.25) is 4.90 Å². The molecule has 0 saturated carbocycles. The molecule has 0 unspecified atom stereocenters. The van der Waals surface area contributed by atoms with Gasteiger partial charge >= 0.3 is 0 Å². The van der Waals surface area contributed by atoms with Crippen molar-refractivity contribution in [2.24, 2.45) is 0 Å². The Labute approximate surface area is 100 Å². The van der Waals surface area contributed by atoms with E-state index in [0.717, 1.165) is 25.2 Å². The Balaban J connectivity index is 2.00. The molecule has 1 heterocycles. The van der Waals surface area contributed by atoms with Gasteiger partial charge in [-0.2, -0.15) is 5.26 Å². The fourth-order valence-electron chi connectivity index (χ4n) is 1.87. The molecule has 17 heavy (non-hydrogen) atoms. The SMILES string of the molecule is N#Cc1ccc(CN2CCNC(=C=O)C2)cc1. The molecular formula is C13H13N3O. The second-order valence-electron chi connectivity index (χ2n) is 4.03. The number of hydrogen-bond acceptors (Lipinski definition) is 4. The third-order valence-corrected chi connectivity index (χ3v) is 2.76. The summed E-state index contributed by atoms with van der Waals surface area (Å²) in [6.07, 6.45) is 0. The first-order chi connectivity index (χ1) is 8.31. The topological polar surface area (TPSA) is 56.1 Å². The molecule has 0 atom stereocenters. The third-order valence-electron chi connectivity index (χ3n) is 2.76. The molecule has 0 aromatic heterocycles. The van der Waals surface area contributed by atoms with Gasteiger partial charge < -0.3 is 5.32 Å². The standard InChI is InChI=1S/C13H13N3O/c14-7-11-1-3-12(4-2-11)8-16-6-5-15-13(9-16)10-17/h1-4,15H,5-6,8-9H2. The van der Waals surface area contributed by atoms with E-state index in [1.54, 1.807) is 0 Å². The molecule has 0 bridgehead atoms. The zero-order chi connectivity index (χ0) is 12.1. The van der Waals surface area contributed by atoms with Gasteiger partial charge in [0.1, 0.15) is 11.6 Å². The molecule has 1 fully saturated rings. The molecule has 1 saturated heterocycles. The van der Waals surface area contributed by atoms with Crippen LogP contribution in [0.2, 0.25) is 0 Å². The fraction of sp³-hybridized carbons (Fsp3) is 0.308. The third kappa shape index (κ3) is 2.94. The van der Waals surface area contributed by atoms with Crippen molar-refractivity contribution in [2.75, 3.05) is 19.6 Å². The van der Waals surface area contributed by atoms with E-state index in [4.69, 9.17) is 5.26 Å². The summed E-state index contributed by atoms with van der Waals surface area (Å²) in [5.41, 5.74) is 2.43. The Morgan fingerprint density at radius 3 is 2.76 bits per heavy atom. The van der Waals surface area contributed by atoms with Gasteiger partial charge in [-0.15, -0.1) is 0 Å². The van der Waals surface area contributed by atoms with Crippen molar-refractivity contribution < 1.29 is 4.79 Å². The van der Waals surface area contributed by atoms with Crippen LogP contribution in [-0.4, -0.2) is 30.5 Å². The minimum absolute atomic E-state index is 0.615. The number of nitriles is 1. The lowest BCUT2D eigenvalue weighted by Crippen LogP contribution is -2.41. The first kappa shape index (κ1) is 11.4. The molecule has 1 N–H and O–H groups in total. The number of benzene rings is 1. The number of nitrogens with one attached hydrogen (secondary N) is 1. The molecule has 4 heteroatoms. The van der Waals surface area contributed by atoms with Gasteiger partial charge in [0.15, 0.2) is 0 Å². The maximum atomic E-state index is 10.6. The summed E-state index contributed by atoms with van der Waals surface area (Å²) in [5.74, 6) is 1.91. The minimum atomic E-state index is 0.615. The van der Waals surface area contributed by atoms with E-state index in [-0.39, 0.29) is 0 Å². The summed E-state index contributed by atoms with van der Waals surface area (Å²) in [6, 6.07) is 9.62. The average molecular weight is 227 g/mol. The molecule has 0 radical (unpaired) electrons. The van der Waals surface area contributed by atoms with Crippen LogP contribution >= 0.6 is 0 Å². The maximum Gasteiger partial charge on any atom is 0.146 e. The van der Waals surface area contributed by atoms with Crippen molar-refractivity contribution in [3.63, 3.8) is 0 Å². The average Bonchev–Trinajstić information content (AvgIpc) is 2.40. The van der Waals surface area contributed by atoms with Crippen molar-refractivity contribution in [1.29, 1.82) is 5.26 Å². The molecule has 0 aliphatic carbocycles. The quantitative estimate of drug-likeness (QED) is 0.755. The van der Waals surface area contributed by atoms with Crippen molar-refractivity contribution in [3.8, 4) is 6.07 Å². The van der Waals surface area contributed by atoms with Crippen LogP contribution in [0.5, 0.6) is 0 Å². The van der Waals surface area contributed by atoms with E-state index in [0.29, 0.717) is 17.8 Å². The van der Waals surface area contributed by atoms with Crippen LogP contribution in [0.15, 0.2) is 30.0 Å². The summed E-state index contributed by atoms with van der Waals surface area (Å²) in [7, 11) is 0. The number of nitrogens with zero attached hydrogens (tertiary/aromatic N) is 2. The second kappa shape index (κ2) is 5.31. The lowest BCUT2D eigenvalue weighted by atomic mass is 10.1. The normalized spacial score (nSPS) is 15.8. The van der Waals surface area contributed by atoms with Gasteiger partial charge in [-0.1, -0.05) is 12.1 Å². The van der Waals surface area contributed by atoms with E-state index < -0.39 is 0 Å². The molecule has 1 aliphatic rings. The van der Waals surface area contributed by atoms with Crippen LogP contribution in [-0.2, 0) is 11.3 Å². The Bertz CT molecular complexity index is 480. The maximum absolute atomic E-state index is 10.6. The highest BCUT2D eigenvalue weighted by Crippen LogP contribution is 2.09. The van der Waals surface area contributed by atoms with Gasteiger partial charge in [-0.25, -0.2) is 4.79 Å². The second-order valence-corrected chi connectivity index (χ2v) is 4.03. The number of carbonyl (C=O) groups excluding carboxylic acids is 1. The highest BCUT2D eigenvalue weighted by molar-refractivity contribution is 5.52. The highest BCUT2D eigenvalue weighted by atomic mass is 16.1. The summed E-state index contributed by atoms with van der Waals surface area (Å²) in [6.45, 7) is 3.09. The number of rotatable bonds is 2. The molecule has 4 nitrogen and oxygen atoms in total. The van der Waals surface area contributed by atoms with Gasteiger partial charge in [0.05, 0.1) is 11.6 Å². The van der Waals surface area contributed by atoms with E-state index in [1.165, 1.54) is 0 Å². The molecule has 1 aromatic rings. The van der Waals surface area contributed by atoms with Gasteiger partial charge in [0, 0.05) is 26.2 Å². The van der Waals surface area contributed by atoms with Crippen molar-refractivity contribution >= 4 is 5.94 Å². The Morgan fingerprint density at radius 2 is 2.12 bits per heavy atom. The zero-order valence-corrected chi connectivity index (χ0v) is 9.44. The van der Waals surface area contributed by atoms with Crippen molar-refractivity contribution in [1.82, 2.24) is 10.2 Å². The van der Waals surface area contributed by atoms with E-state index >= 15 is 0 Å². The fourth-order valence-corrected chi connectivity index (χ4v) is 1.87. The lowest BCUT2D eigenvalue weighted by molar-refractivity contribution is 0.260. The van der Waals surface area contributed by atoms with Gasteiger partial charge in [0.25, 0.3) is 0 Å². The summed E-state index contributed by atoms with van der Waals surface area (Å²) >= 11 is 0. The Hall–Kier alpha value is -2.08. The van der Waals surface area contributed by atoms with Crippen LogP contribution in [0.4, 0.5) is 0 Å². The lowest BCUT2D eigenvalue weighted by Gasteiger charge is -2.27. The van der Waals surface area contributed by atoms with Crippen LogP contribution in [0.25, 0.3) is 0 Å². The first-order valence-electron chi connectivity index (χ1n) is 5.51. The summed E-state index contributed by atoms with van der Waals surface area (Å²) in [5, 5.41) is 11.7. The first-order valence-corrected chi connectivity index (χ1v) is 5.51. The van der Waals surface area contributed by atoms with E-state index in [9.17, 15) is 4.79 Å². The van der Waals surface area contributed by atoms with Crippen molar-refractivity contribution in [2.45, 2.75) is 6.54 Å². The van der Waals surface area contributed by atoms with Gasteiger partial charge in [0.2, 0.25) is 0 Å². The molecule has 1 aliphatic heterocycles.